The first kappa shape index (κ1) is 15.6. The Morgan fingerprint density at radius 2 is 2.39 bits per heavy atom. The van der Waals surface area contributed by atoms with Gasteiger partial charge in [-0.15, -0.1) is 0 Å². The molecule has 1 atom stereocenters. The fraction of sp³-hybridized carbons (Fsp3) is 0.412. The number of ether oxygens (including phenoxy) is 2. The van der Waals surface area contributed by atoms with Crippen molar-refractivity contribution >= 4 is 11.7 Å². The Morgan fingerprint density at radius 3 is 3.09 bits per heavy atom. The lowest BCUT2D eigenvalue weighted by Gasteiger charge is -2.23. The van der Waals surface area contributed by atoms with Gasteiger partial charge in [-0.3, -0.25) is 14.8 Å². The maximum Gasteiger partial charge on any atom is 0.266 e. The second-order valence-corrected chi connectivity index (χ2v) is 5.68. The molecule has 0 saturated carbocycles. The summed E-state index contributed by atoms with van der Waals surface area (Å²) in [6.45, 7) is 3.22. The zero-order chi connectivity index (χ0) is 16.1. The number of anilines is 1. The molecule has 0 radical (unpaired) electrons. The van der Waals surface area contributed by atoms with Gasteiger partial charge in [0.1, 0.15) is 5.75 Å². The van der Waals surface area contributed by atoms with Gasteiger partial charge in [0, 0.05) is 18.9 Å². The first-order valence-corrected chi connectivity index (χ1v) is 7.83. The Morgan fingerprint density at radius 1 is 1.48 bits per heavy atom. The van der Waals surface area contributed by atoms with Crippen LogP contribution >= 0.6 is 0 Å². The van der Waals surface area contributed by atoms with Gasteiger partial charge >= 0.3 is 0 Å². The molecule has 2 aromatic rings. The fourth-order valence-corrected chi connectivity index (χ4v) is 2.65. The number of hydrogen-bond acceptors (Lipinski definition) is 4. The van der Waals surface area contributed by atoms with Crippen LogP contribution in [0, 0.1) is 6.92 Å². The van der Waals surface area contributed by atoms with Crippen LogP contribution in [-0.4, -0.2) is 42.0 Å². The van der Waals surface area contributed by atoms with E-state index in [0.29, 0.717) is 18.1 Å². The van der Waals surface area contributed by atoms with Crippen molar-refractivity contribution < 1.29 is 14.3 Å². The number of H-pyrrole nitrogens is 1. The molecule has 1 aliphatic heterocycles. The van der Waals surface area contributed by atoms with Gasteiger partial charge in [-0.25, -0.2) is 0 Å². The number of hydrogen-bond donors (Lipinski definition) is 1. The summed E-state index contributed by atoms with van der Waals surface area (Å²) in [5, 5.41) is 6.86. The van der Waals surface area contributed by atoms with Crippen molar-refractivity contribution in [3.8, 4) is 5.75 Å². The molecule has 1 N–H and O–H groups in total. The molecule has 2 heterocycles. The standard InChI is InChI=1S/C17H21N3O3/c1-13-4-2-5-14(10-13)23-12-17(21)20(16-7-8-18-19-16)11-15-6-3-9-22-15/h2,4-5,7-8,10,15H,3,6,9,11-12H2,1H3,(H,18,19). The van der Waals surface area contributed by atoms with Crippen molar-refractivity contribution in [3.05, 3.63) is 42.1 Å². The molecule has 0 aliphatic carbocycles. The number of aryl methyl sites for hydroxylation is 1. The van der Waals surface area contributed by atoms with E-state index in [4.69, 9.17) is 9.47 Å². The zero-order valence-corrected chi connectivity index (χ0v) is 13.2. The Balaban J connectivity index is 1.64. The van der Waals surface area contributed by atoms with Gasteiger partial charge in [0.2, 0.25) is 0 Å². The highest BCUT2D eigenvalue weighted by Crippen LogP contribution is 2.18. The maximum atomic E-state index is 12.6. The SMILES string of the molecule is Cc1cccc(OCC(=O)N(CC2CCCO2)c2cc[nH]n2)c1. The Kier molecular flexibility index (Phi) is 4.92. The van der Waals surface area contributed by atoms with Gasteiger partial charge in [-0.05, 0) is 37.5 Å². The summed E-state index contributed by atoms with van der Waals surface area (Å²) >= 11 is 0. The van der Waals surface area contributed by atoms with Gasteiger partial charge in [0.15, 0.2) is 12.4 Å². The minimum Gasteiger partial charge on any atom is -0.484 e. The van der Waals surface area contributed by atoms with Crippen LogP contribution in [0.25, 0.3) is 0 Å². The molecule has 1 unspecified atom stereocenters. The highest BCUT2D eigenvalue weighted by atomic mass is 16.5. The van der Waals surface area contributed by atoms with Gasteiger partial charge in [0.25, 0.3) is 5.91 Å². The molecule has 1 aliphatic rings. The van der Waals surface area contributed by atoms with E-state index < -0.39 is 0 Å². The smallest absolute Gasteiger partial charge is 0.266 e. The number of rotatable bonds is 6. The lowest BCUT2D eigenvalue weighted by molar-refractivity contribution is -0.121. The van der Waals surface area contributed by atoms with Crippen molar-refractivity contribution in [1.29, 1.82) is 0 Å². The van der Waals surface area contributed by atoms with E-state index in [9.17, 15) is 4.79 Å². The molecule has 0 spiro atoms. The third-order valence-corrected chi connectivity index (χ3v) is 3.83. The van der Waals surface area contributed by atoms with E-state index in [0.717, 1.165) is 25.0 Å². The summed E-state index contributed by atoms with van der Waals surface area (Å²) in [7, 11) is 0. The van der Waals surface area contributed by atoms with E-state index in [-0.39, 0.29) is 18.6 Å². The molecule has 122 valence electrons. The van der Waals surface area contributed by atoms with E-state index in [1.54, 1.807) is 17.2 Å². The van der Waals surface area contributed by atoms with Crippen LogP contribution in [0.15, 0.2) is 36.5 Å². The van der Waals surface area contributed by atoms with Crippen molar-refractivity contribution in [2.24, 2.45) is 0 Å². The first-order chi connectivity index (χ1) is 11.2. The summed E-state index contributed by atoms with van der Waals surface area (Å²) in [6.07, 6.45) is 3.77. The first-order valence-electron chi connectivity index (χ1n) is 7.83. The number of amides is 1. The number of carbonyl (C=O) groups is 1. The lowest BCUT2D eigenvalue weighted by atomic mass is 10.2. The average molecular weight is 315 g/mol. The molecular weight excluding hydrogens is 294 g/mol. The Bertz CT molecular complexity index is 636. The van der Waals surface area contributed by atoms with Crippen molar-refractivity contribution in [1.82, 2.24) is 10.2 Å². The van der Waals surface area contributed by atoms with Gasteiger partial charge in [0.05, 0.1) is 12.6 Å². The summed E-state index contributed by atoms with van der Waals surface area (Å²) in [6, 6.07) is 9.43. The van der Waals surface area contributed by atoms with Crippen LogP contribution in [0.1, 0.15) is 18.4 Å². The molecule has 1 aromatic carbocycles. The quantitative estimate of drug-likeness (QED) is 0.888. The summed E-state index contributed by atoms with van der Waals surface area (Å²) < 4.78 is 11.3. The summed E-state index contributed by atoms with van der Waals surface area (Å²) in [5.74, 6) is 1.16. The molecule has 1 fully saturated rings. The van der Waals surface area contributed by atoms with E-state index in [1.165, 1.54) is 0 Å². The highest BCUT2D eigenvalue weighted by Gasteiger charge is 2.25. The number of benzene rings is 1. The van der Waals surface area contributed by atoms with Crippen molar-refractivity contribution in [2.45, 2.75) is 25.9 Å². The van der Waals surface area contributed by atoms with Crippen LogP contribution in [-0.2, 0) is 9.53 Å². The Labute approximate surface area is 135 Å². The van der Waals surface area contributed by atoms with Crippen molar-refractivity contribution in [2.75, 3.05) is 24.7 Å². The maximum absolute atomic E-state index is 12.6. The van der Waals surface area contributed by atoms with E-state index in [2.05, 4.69) is 10.2 Å². The molecule has 6 heteroatoms. The van der Waals surface area contributed by atoms with Crippen LogP contribution in [0.5, 0.6) is 5.75 Å². The predicted octanol–water partition coefficient (Wildman–Crippen LogP) is 2.31. The van der Waals surface area contributed by atoms with Crippen LogP contribution in [0.4, 0.5) is 5.82 Å². The molecule has 1 aromatic heterocycles. The number of aromatic amines is 1. The number of nitrogens with one attached hydrogen (secondary N) is 1. The number of nitrogens with zero attached hydrogens (tertiary/aromatic N) is 2. The molecular formula is C17H21N3O3. The Hall–Kier alpha value is -2.34. The third-order valence-electron chi connectivity index (χ3n) is 3.83. The van der Waals surface area contributed by atoms with Crippen LogP contribution in [0.2, 0.25) is 0 Å². The second-order valence-electron chi connectivity index (χ2n) is 5.68. The van der Waals surface area contributed by atoms with Gasteiger partial charge in [-0.1, -0.05) is 12.1 Å². The highest BCUT2D eigenvalue weighted by molar-refractivity contribution is 5.93. The predicted molar refractivity (Wildman–Crippen MR) is 86.6 cm³/mol. The minimum atomic E-state index is -0.130. The average Bonchev–Trinajstić information content (AvgIpc) is 3.23. The van der Waals surface area contributed by atoms with E-state index in [1.807, 2.05) is 31.2 Å². The van der Waals surface area contributed by atoms with E-state index >= 15 is 0 Å². The molecule has 23 heavy (non-hydrogen) atoms. The minimum absolute atomic E-state index is 0.0248. The largest absolute Gasteiger partial charge is 0.484 e. The monoisotopic (exact) mass is 315 g/mol. The molecule has 3 rings (SSSR count). The number of aromatic nitrogens is 2. The normalized spacial score (nSPS) is 17.2. The zero-order valence-electron chi connectivity index (χ0n) is 13.2. The molecule has 6 nitrogen and oxygen atoms in total. The lowest BCUT2D eigenvalue weighted by Crippen LogP contribution is -2.40. The molecule has 1 saturated heterocycles. The van der Waals surface area contributed by atoms with Gasteiger partial charge in [-0.2, -0.15) is 5.10 Å². The summed E-state index contributed by atoms with van der Waals surface area (Å²) in [5.41, 5.74) is 1.10. The number of carbonyl (C=O) groups excluding carboxylic acids is 1. The topological polar surface area (TPSA) is 67.4 Å². The third kappa shape index (κ3) is 4.10. The van der Waals surface area contributed by atoms with Gasteiger partial charge < -0.3 is 9.47 Å². The van der Waals surface area contributed by atoms with Crippen LogP contribution < -0.4 is 9.64 Å². The molecule has 1 amide bonds. The fourth-order valence-electron chi connectivity index (χ4n) is 2.65. The summed E-state index contributed by atoms with van der Waals surface area (Å²) in [4.78, 5) is 14.2. The van der Waals surface area contributed by atoms with Crippen LogP contribution in [0.3, 0.4) is 0 Å². The second kappa shape index (κ2) is 7.28. The van der Waals surface area contributed by atoms with Crippen molar-refractivity contribution in [3.63, 3.8) is 0 Å². The molecule has 0 bridgehead atoms.